The lowest BCUT2D eigenvalue weighted by Crippen LogP contribution is -2.18. The summed E-state index contributed by atoms with van der Waals surface area (Å²) in [6.45, 7) is 0. The Morgan fingerprint density at radius 1 is 1.42 bits per heavy atom. The number of ether oxygens (including phenoxy) is 1. The zero-order chi connectivity index (χ0) is 13.8. The number of hydrogen-bond donors (Lipinski definition) is 2. The third-order valence-electron chi connectivity index (χ3n) is 2.66. The number of rotatable bonds is 3. The summed E-state index contributed by atoms with van der Waals surface area (Å²) in [5.41, 5.74) is 6.24. The van der Waals surface area contributed by atoms with E-state index >= 15 is 0 Å². The lowest BCUT2D eigenvalue weighted by molar-refractivity contribution is 0.414. The molecule has 19 heavy (non-hydrogen) atoms. The molecule has 2 rings (SSSR count). The highest BCUT2D eigenvalue weighted by atomic mass is 16.5. The van der Waals surface area contributed by atoms with Gasteiger partial charge in [0, 0.05) is 6.42 Å². The van der Waals surface area contributed by atoms with Crippen LogP contribution in [0, 0.1) is 11.3 Å². The molecule has 0 spiro atoms. The summed E-state index contributed by atoms with van der Waals surface area (Å²) in [5.74, 6) is 0.746. The first-order chi connectivity index (χ1) is 9.13. The molecule has 0 saturated carbocycles. The topological polar surface area (TPSA) is 105 Å². The zero-order valence-electron chi connectivity index (χ0n) is 10.3. The van der Waals surface area contributed by atoms with Gasteiger partial charge in [-0.25, -0.2) is 4.98 Å². The van der Waals surface area contributed by atoms with Gasteiger partial charge in [0.25, 0.3) is 5.56 Å². The van der Waals surface area contributed by atoms with E-state index in [1.807, 2.05) is 18.2 Å². The first-order valence-corrected chi connectivity index (χ1v) is 5.55. The Bertz CT molecular complexity index is 683. The van der Waals surface area contributed by atoms with Crippen molar-refractivity contribution in [3.63, 3.8) is 0 Å². The average Bonchev–Trinajstić information content (AvgIpc) is 2.39. The Morgan fingerprint density at radius 2 is 2.11 bits per heavy atom. The second-order valence-corrected chi connectivity index (χ2v) is 3.91. The normalized spacial score (nSPS) is 9.89. The maximum absolute atomic E-state index is 11.6. The minimum Gasteiger partial charge on any atom is -0.497 e. The van der Waals surface area contributed by atoms with Gasteiger partial charge in [0.2, 0.25) is 5.95 Å². The minimum atomic E-state index is -0.515. The maximum Gasteiger partial charge on any atom is 0.270 e. The Kier molecular flexibility index (Phi) is 3.48. The first-order valence-electron chi connectivity index (χ1n) is 5.55. The van der Waals surface area contributed by atoms with E-state index in [0.29, 0.717) is 12.1 Å². The van der Waals surface area contributed by atoms with E-state index in [0.717, 1.165) is 11.3 Å². The van der Waals surface area contributed by atoms with Crippen LogP contribution in [0.1, 0.15) is 16.8 Å². The van der Waals surface area contributed by atoms with Crippen molar-refractivity contribution >= 4 is 5.95 Å². The smallest absolute Gasteiger partial charge is 0.270 e. The third-order valence-corrected chi connectivity index (χ3v) is 2.66. The fraction of sp³-hybridized carbons (Fsp3) is 0.154. The van der Waals surface area contributed by atoms with Gasteiger partial charge in [-0.15, -0.1) is 0 Å². The molecule has 0 bridgehead atoms. The van der Waals surface area contributed by atoms with Gasteiger partial charge in [-0.3, -0.25) is 9.78 Å². The molecule has 96 valence electrons. The molecule has 1 heterocycles. The van der Waals surface area contributed by atoms with E-state index in [4.69, 9.17) is 15.7 Å². The van der Waals surface area contributed by atoms with E-state index in [1.54, 1.807) is 19.2 Å². The Labute approximate surface area is 109 Å². The molecule has 0 fully saturated rings. The van der Waals surface area contributed by atoms with Gasteiger partial charge in [0.05, 0.1) is 12.8 Å². The van der Waals surface area contributed by atoms with Crippen molar-refractivity contribution in [3.8, 4) is 11.8 Å². The number of nitrogens with one attached hydrogen (secondary N) is 1. The molecule has 3 N–H and O–H groups in total. The number of H-pyrrole nitrogens is 1. The highest BCUT2D eigenvalue weighted by Crippen LogP contribution is 2.15. The van der Waals surface area contributed by atoms with Crippen molar-refractivity contribution in [2.75, 3.05) is 12.8 Å². The number of nitrogens with two attached hydrogens (primary N) is 1. The van der Waals surface area contributed by atoms with Crippen molar-refractivity contribution in [1.29, 1.82) is 5.26 Å². The zero-order valence-corrected chi connectivity index (χ0v) is 10.3. The summed E-state index contributed by atoms with van der Waals surface area (Å²) in [4.78, 5) is 17.9. The van der Waals surface area contributed by atoms with Crippen LogP contribution in [0.5, 0.6) is 5.75 Å². The van der Waals surface area contributed by atoms with Crippen LogP contribution in [-0.2, 0) is 6.42 Å². The van der Waals surface area contributed by atoms with Crippen LogP contribution in [0.3, 0.4) is 0 Å². The second kappa shape index (κ2) is 5.23. The summed E-state index contributed by atoms with van der Waals surface area (Å²) in [7, 11) is 1.59. The van der Waals surface area contributed by atoms with Gasteiger partial charge < -0.3 is 10.5 Å². The van der Waals surface area contributed by atoms with E-state index in [1.165, 1.54) is 0 Å². The predicted molar refractivity (Wildman–Crippen MR) is 69.8 cm³/mol. The number of nitrogen functional groups attached to an aromatic ring is 1. The standard InChI is InChI=1S/C13H12N4O2/c1-19-9-4-2-8(3-5-9)6-11-10(7-14)12(18)17-13(15)16-11/h2-5H,6H2,1H3,(H3,15,16,17,18). The fourth-order valence-corrected chi connectivity index (χ4v) is 1.72. The van der Waals surface area contributed by atoms with Crippen LogP contribution in [0.2, 0.25) is 0 Å². The molecule has 0 aliphatic carbocycles. The van der Waals surface area contributed by atoms with Crippen LogP contribution in [0.25, 0.3) is 0 Å². The van der Waals surface area contributed by atoms with Crippen molar-refractivity contribution in [3.05, 3.63) is 51.4 Å². The van der Waals surface area contributed by atoms with Crippen molar-refractivity contribution in [1.82, 2.24) is 9.97 Å². The second-order valence-electron chi connectivity index (χ2n) is 3.91. The van der Waals surface area contributed by atoms with Crippen LogP contribution in [-0.4, -0.2) is 17.1 Å². The van der Waals surface area contributed by atoms with Crippen LogP contribution in [0.4, 0.5) is 5.95 Å². The lowest BCUT2D eigenvalue weighted by atomic mass is 10.1. The Hall–Kier alpha value is -2.81. The predicted octanol–water partition coefficient (Wildman–Crippen LogP) is 0.823. The van der Waals surface area contributed by atoms with E-state index in [-0.39, 0.29) is 11.5 Å². The molecule has 0 aliphatic rings. The largest absolute Gasteiger partial charge is 0.497 e. The molecule has 6 nitrogen and oxygen atoms in total. The highest BCUT2D eigenvalue weighted by Gasteiger charge is 2.10. The molecule has 1 aromatic heterocycles. The minimum absolute atomic E-state index is 0.00696. The maximum atomic E-state index is 11.6. The van der Waals surface area contributed by atoms with Crippen LogP contribution in [0.15, 0.2) is 29.1 Å². The summed E-state index contributed by atoms with van der Waals surface area (Å²) in [6, 6.07) is 9.15. The molecular formula is C13H12N4O2. The van der Waals surface area contributed by atoms with Crippen molar-refractivity contribution in [2.24, 2.45) is 0 Å². The third kappa shape index (κ3) is 2.72. The number of nitriles is 1. The molecule has 2 aromatic rings. The van der Waals surface area contributed by atoms with E-state index in [9.17, 15) is 4.79 Å². The van der Waals surface area contributed by atoms with Crippen LogP contribution < -0.4 is 16.0 Å². The monoisotopic (exact) mass is 256 g/mol. The summed E-state index contributed by atoms with van der Waals surface area (Å²) in [5, 5.41) is 8.98. The van der Waals surface area contributed by atoms with Gasteiger partial charge in [0.1, 0.15) is 17.4 Å². The van der Waals surface area contributed by atoms with Gasteiger partial charge >= 0.3 is 0 Å². The van der Waals surface area contributed by atoms with Gasteiger partial charge in [-0.2, -0.15) is 5.26 Å². The van der Waals surface area contributed by atoms with Crippen LogP contribution >= 0.6 is 0 Å². The summed E-state index contributed by atoms with van der Waals surface area (Å²) >= 11 is 0. The van der Waals surface area contributed by atoms with Gasteiger partial charge in [-0.1, -0.05) is 12.1 Å². The number of aromatic nitrogens is 2. The molecule has 0 aliphatic heterocycles. The molecule has 0 unspecified atom stereocenters. The first kappa shape index (κ1) is 12.6. The quantitative estimate of drug-likeness (QED) is 0.846. The van der Waals surface area contributed by atoms with Crippen molar-refractivity contribution < 1.29 is 4.74 Å². The number of hydrogen-bond acceptors (Lipinski definition) is 5. The molecule has 0 amide bonds. The Morgan fingerprint density at radius 3 is 2.68 bits per heavy atom. The SMILES string of the molecule is COc1ccc(Cc2nc(N)[nH]c(=O)c2C#N)cc1. The number of benzene rings is 1. The van der Waals surface area contributed by atoms with E-state index in [2.05, 4.69) is 9.97 Å². The van der Waals surface area contributed by atoms with Crippen molar-refractivity contribution in [2.45, 2.75) is 6.42 Å². The number of nitrogens with zero attached hydrogens (tertiary/aromatic N) is 2. The molecule has 6 heteroatoms. The van der Waals surface area contributed by atoms with Gasteiger partial charge in [-0.05, 0) is 17.7 Å². The average molecular weight is 256 g/mol. The summed E-state index contributed by atoms with van der Waals surface area (Å²) < 4.78 is 5.06. The number of aromatic amines is 1. The fourth-order valence-electron chi connectivity index (χ4n) is 1.72. The number of anilines is 1. The lowest BCUT2D eigenvalue weighted by Gasteiger charge is -2.05. The number of methoxy groups -OCH3 is 1. The van der Waals surface area contributed by atoms with Gasteiger partial charge in [0.15, 0.2) is 0 Å². The molecular weight excluding hydrogens is 244 g/mol. The molecule has 1 aromatic carbocycles. The summed E-state index contributed by atoms with van der Waals surface area (Å²) in [6.07, 6.45) is 0.362. The molecule has 0 atom stereocenters. The van der Waals surface area contributed by atoms with E-state index < -0.39 is 5.56 Å². The Balaban J connectivity index is 2.37. The molecule has 0 saturated heterocycles. The highest BCUT2D eigenvalue weighted by molar-refractivity contribution is 5.38. The molecule has 0 radical (unpaired) electrons.